The van der Waals surface area contributed by atoms with Crippen molar-refractivity contribution in [3.05, 3.63) is 47.3 Å². The van der Waals surface area contributed by atoms with Crippen LogP contribution in [-0.2, 0) is 21.9 Å². The van der Waals surface area contributed by atoms with Gasteiger partial charge in [-0.25, -0.2) is 13.1 Å². The standard InChI is InChI=1S/C17H19F3N4O3S/c1-11-15(12(2)24(3)23-11)8-9-16(25)22-13-4-6-14(7-5-13)28(26,27)21-10-17(18,19)20/h4-9,21H,10H2,1-3H3,(H,22,25)/b9-8+. The minimum Gasteiger partial charge on any atom is -0.323 e. The fourth-order valence-corrected chi connectivity index (χ4v) is 3.37. The van der Waals surface area contributed by atoms with E-state index in [-0.39, 0.29) is 4.90 Å². The molecule has 0 aliphatic rings. The van der Waals surface area contributed by atoms with Crippen LogP contribution in [0.5, 0.6) is 0 Å². The smallest absolute Gasteiger partial charge is 0.323 e. The molecule has 28 heavy (non-hydrogen) atoms. The van der Waals surface area contributed by atoms with Crippen LogP contribution < -0.4 is 10.0 Å². The molecular formula is C17H19F3N4O3S. The predicted molar refractivity (Wildman–Crippen MR) is 98.0 cm³/mol. The molecule has 0 aliphatic heterocycles. The summed E-state index contributed by atoms with van der Waals surface area (Å²) in [7, 11) is -2.51. The zero-order valence-electron chi connectivity index (χ0n) is 15.3. The molecule has 2 aromatic rings. The molecule has 1 aromatic heterocycles. The number of carbonyl (C=O) groups excluding carboxylic acids is 1. The van der Waals surface area contributed by atoms with Crippen molar-refractivity contribution in [3.8, 4) is 0 Å². The molecule has 0 bridgehead atoms. The number of amides is 1. The summed E-state index contributed by atoms with van der Waals surface area (Å²) < 4.78 is 63.3. The third-order valence-electron chi connectivity index (χ3n) is 3.86. The maximum absolute atomic E-state index is 12.2. The molecule has 1 amide bonds. The maximum atomic E-state index is 12.2. The van der Waals surface area contributed by atoms with Crippen LogP contribution in [0.25, 0.3) is 6.08 Å². The Morgan fingerprint density at radius 3 is 2.32 bits per heavy atom. The molecule has 11 heteroatoms. The largest absolute Gasteiger partial charge is 0.402 e. The second kappa shape index (κ2) is 8.15. The summed E-state index contributed by atoms with van der Waals surface area (Å²) in [4.78, 5) is 11.7. The van der Waals surface area contributed by atoms with Crippen LogP contribution in [-0.4, -0.2) is 36.8 Å². The van der Waals surface area contributed by atoms with E-state index in [1.54, 1.807) is 17.8 Å². The maximum Gasteiger partial charge on any atom is 0.402 e. The van der Waals surface area contributed by atoms with E-state index >= 15 is 0 Å². The van der Waals surface area contributed by atoms with Gasteiger partial charge in [0, 0.05) is 30.1 Å². The van der Waals surface area contributed by atoms with E-state index in [9.17, 15) is 26.4 Å². The number of anilines is 1. The van der Waals surface area contributed by atoms with Crippen molar-refractivity contribution in [3.63, 3.8) is 0 Å². The van der Waals surface area contributed by atoms with Crippen LogP contribution in [0.1, 0.15) is 17.0 Å². The average molecular weight is 416 g/mol. The second-order valence-electron chi connectivity index (χ2n) is 5.99. The van der Waals surface area contributed by atoms with Gasteiger partial charge in [-0.15, -0.1) is 0 Å². The molecule has 0 spiro atoms. The van der Waals surface area contributed by atoms with Gasteiger partial charge in [0.05, 0.1) is 10.6 Å². The molecule has 152 valence electrons. The monoisotopic (exact) mass is 416 g/mol. The van der Waals surface area contributed by atoms with Crippen molar-refractivity contribution < 1.29 is 26.4 Å². The van der Waals surface area contributed by atoms with Gasteiger partial charge in [-0.3, -0.25) is 9.48 Å². The molecule has 0 saturated heterocycles. The van der Waals surface area contributed by atoms with Crippen molar-refractivity contribution in [2.45, 2.75) is 24.9 Å². The normalized spacial score (nSPS) is 12.5. The third kappa shape index (κ3) is 5.67. The van der Waals surface area contributed by atoms with Gasteiger partial charge in [-0.05, 0) is 44.2 Å². The zero-order chi connectivity index (χ0) is 21.1. The number of carbonyl (C=O) groups is 1. The number of hydrogen-bond acceptors (Lipinski definition) is 4. The lowest BCUT2D eigenvalue weighted by Gasteiger charge is -2.10. The summed E-state index contributed by atoms with van der Waals surface area (Å²) in [5.74, 6) is -0.451. The van der Waals surface area contributed by atoms with Crippen molar-refractivity contribution in [1.29, 1.82) is 0 Å². The quantitative estimate of drug-likeness (QED) is 0.708. The number of nitrogens with one attached hydrogen (secondary N) is 2. The summed E-state index contributed by atoms with van der Waals surface area (Å²) in [6.45, 7) is 2.02. The molecule has 0 saturated carbocycles. The molecule has 1 aromatic carbocycles. The van der Waals surface area contributed by atoms with Crippen LogP contribution in [0.4, 0.5) is 18.9 Å². The van der Waals surface area contributed by atoms with E-state index in [2.05, 4.69) is 10.4 Å². The van der Waals surface area contributed by atoms with E-state index < -0.39 is 28.7 Å². The third-order valence-corrected chi connectivity index (χ3v) is 5.28. The number of sulfonamides is 1. The zero-order valence-corrected chi connectivity index (χ0v) is 16.1. The van der Waals surface area contributed by atoms with E-state index in [1.165, 1.54) is 22.9 Å². The highest BCUT2D eigenvalue weighted by Gasteiger charge is 2.30. The molecule has 0 atom stereocenters. The van der Waals surface area contributed by atoms with Crippen molar-refractivity contribution >= 4 is 27.7 Å². The number of rotatable bonds is 6. The Hall–Kier alpha value is -2.66. The predicted octanol–water partition coefficient (Wildman–Crippen LogP) is 2.53. The Morgan fingerprint density at radius 2 is 1.82 bits per heavy atom. The van der Waals surface area contributed by atoms with Gasteiger partial charge in [0.15, 0.2) is 0 Å². The molecule has 0 fully saturated rings. The Morgan fingerprint density at radius 1 is 1.21 bits per heavy atom. The minimum atomic E-state index is -4.65. The van der Waals surface area contributed by atoms with Gasteiger partial charge >= 0.3 is 6.18 Å². The molecule has 0 aliphatic carbocycles. The molecule has 0 radical (unpaired) electrons. The summed E-state index contributed by atoms with van der Waals surface area (Å²) in [5, 5.41) is 6.78. The molecule has 1 heterocycles. The number of alkyl halides is 3. The number of hydrogen-bond donors (Lipinski definition) is 2. The first-order chi connectivity index (χ1) is 12.9. The van der Waals surface area contributed by atoms with E-state index in [4.69, 9.17) is 0 Å². The fourth-order valence-electron chi connectivity index (χ4n) is 2.35. The highest BCUT2D eigenvalue weighted by molar-refractivity contribution is 7.89. The summed E-state index contributed by atoms with van der Waals surface area (Å²) in [6, 6.07) is 4.78. The van der Waals surface area contributed by atoms with Crippen LogP contribution in [0.15, 0.2) is 35.2 Å². The lowest BCUT2D eigenvalue weighted by molar-refractivity contribution is -0.121. The van der Waals surface area contributed by atoms with Crippen molar-refractivity contribution in [1.82, 2.24) is 14.5 Å². The summed E-state index contributed by atoms with van der Waals surface area (Å²) in [5.41, 5.74) is 2.77. The van der Waals surface area contributed by atoms with Crippen molar-refractivity contribution in [2.24, 2.45) is 7.05 Å². The number of nitrogens with zero attached hydrogens (tertiary/aromatic N) is 2. The number of benzene rings is 1. The second-order valence-corrected chi connectivity index (χ2v) is 7.76. The topological polar surface area (TPSA) is 93.1 Å². The van der Waals surface area contributed by atoms with Crippen LogP contribution in [0, 0.1) is 13.8 Å². The highest BCUT2D eigenvalue weighted by Crippen LogP contribution is 2.18. The van der Waals surface area contributed by atoms with Gasteiger partial charge < -0.3 is 5.32 Å². The summed E-state index contributed by atoms with van der Waals surface area (Å²) >= 11 is 0. The summed E-state index contributed by atoms with van der Waals surface area (Å²) in [6.07, 6.45) is -1.72. The van der Waals surface area contributed by atoms with Gasteiger partial charge in [0.2, 0.25) is 15.9 Å². The highest BCUT2D eigenvalue weighted by atomic mass is 32.2. The number of aryl methyl sites for hydroxylation is 2. The Labute approximate surface area is 160 Å². The van der Waals surface area contributed by atoms with E-state index in [0.717, 1.165) is 29.1 Å². The van der Waals surface area contributed by atoms with Crippen LogP contribution in [0.3, 0.4) is 0 Å². The Kier molecular flexibility index (Phi) is 6.30. The fraction of sp³-hybridized carbons (Fsp3) is 0.294. The molecule has 0 unspecified atom stereocenters. The molecule has 7 nitrogen and oxygen atoms in total. The SMILES string of the molecule is Cc1nn(C)c(C)c1/C=C/C(=O)Nc1ccc(S(=O)(=O)NCC(F)(F)F)cc1. The van der Waals surface area contributed by atoms with E-state index in [0.29, 0.717) is 5.69 Å². The van der Waals surface area contributed by atoms with Gasteiger partial charge in [0.25, 0.3) is 0 Å². The number of aromatic nitrogens is 2. The van der Waals surface area contributed by atoms with Gasteiger partial charge in [0.1, 0.15) is 6.54 Å². The van der Waals surface area contributed by atoms with Gasteiger partial charge in [-0.1, -0.05) is 0 Å². The van der Waals surface area contributed by atoms with Gasteiger partial charge in [-0.2, -0.15) is 18.3 Å². The van der Waals surface area contributed by atoms with Crippen LogP contribution in [0.2, 0.25) is 0 Å². The minimum absolute atomic E-state index is 0.295. The molecule has 2 rings (SSSR count). The lowest BCUT2D eigenvalue weighted by Crippen LogP contribution is -2.33. The molecule has 2 N–H and O–H groups in total. The first-order valence-corrected chi connectivity index (χ1v) is 9.53. The van der Waals surface area contributed by atoms with Crippen LogP contribution >= 0.6 is 0 Å². The Balaban J connectivity index is 2.04. The Bertz CT molecular complexity index is 994. The average Bonchev–Trinajstić information content (AvgIpc) is 2.83. The first-order valence-electron chi connectivity index (χ1n) is 8.05. The first kappa shape index (κ1) is 21.6. The van der Waals surface area contributed by atoms with Crippen molar-refractivity contribution in [2.75, 3.05) is 11.9 Å². The molecular weight excluding hydrogens is 397 g/mol. The van der Waals surface area contributed by atoms with E-state index in [1.807, 2.05) is 13.8 Å². The number of halogens is 3. The lowest BCUT2D eigenvalue weighted by atomic mass is 10.2.